The highest BCUT2D eigenvalue weighted by atomic mass is 15.0. The van der Waals surface area contributed by atoms with Gasteiger partial charge in [-0.25, -0.2) is 0 Å². The van der Waals surface area contributed by atoms with Crippen LogP contribution in [0, 0.1) is 6.92 Å². The van der Waals surface area contributed by atoms with Crippen molar-refractivity contribution in [2.75, 3.05) is 0 Å². The van der Waals surface area contributed by atoms with Gasteiger partial charge in [-0.2, -0.15) is 0 Å². The maximum atomic E-state index is 3.74. The zero-order valence-corrected chi connectivity index (χ0v) is 9.84. The van der Waals surface area contributed by atoms with Crippen molar-refractivity contribution in [3.05, 3.63) is 35.4 Å². The minimum absolute atomic E-state index is 0.461. The zero-order valence-electron chi connectivity index (χ0n) is 9.84. The third-order valence-electron chi connectivity index (χ3n) is 3.90. The Hall–Kier alpha value is -0.820. The van der Waals surface area contributed by atoms with Crippen LogP contribution in [-0.4, -0.2) is 5.54 Å². The van der Waals surface area contributed by atoms with Gasteiger partial charge in [-0.15, -0.1) is 0 Å². The van der Waals surface area contributed by atoms with Gasteiger partial charge < -0.3 is 5.32 Å². The molecule has 1 heteroatoms. The predicted octanol–water partition coefficient (Wildman–Crippen LogP) is 3.42. The van der Waals surface area contributed by atoms with E-state index >= 15 is 0 Å². The second-order valence-electron chi connectivity index (χ2n) is 4.77. The Morgan fingerprint density at radius 3 is 2.53 bits per heavy atom. The molecule has 0 saturated heterocycles. The molecule has 0 radical (unpaired) electrons. The zero-order chi connectivity index (χ0) is 10.7. The number of hydrogen-bond donors (Lipinski definition) is 1. The summed E-state index contributed by atoms with van der Waals surface area (Å²) >= 11 is 0. The first-order chi connectivity index (χ1) is 7.26. The molecule has 0 aromatic heterocycles. The van der Waals surface area contributed by atoms with Gasteiger partial charge in [0.15, 0.2) is 0 Å². The number of rotatable bonds is 4. The quantitative estimate of drug-likeness (QED) is 0.790. The van der Waals surface area contributed by atoms with Crippen molar-refractivity contribution in [2.24, 2.45) is 0 Å². The monoisotopic (exact) mass is 203 g/mol. The molecule has 0 atom stereocenters. The molecule has 15 heavy (non-hydrogen) atoms. The summed E-state index contributed by atoms with van der Waals surface area (Å²) in [6, 6.07) is 8.65. The van der Waals surface area contributed by atoms with Gasteiger partial charge in [-0.05, 0) is 43.7 Å². The van der Waals surface area contributed by atoms with Crippen LogP contribution >= 0.6 is 0 Å². The summed E-state index contributed by atoms with van der Waals surface area (Å²) in [6.45, 7) is 5.51. The molecule has 2 rings (SSSR count). The molecule has 0 aliphatic heterocycles. The molecule has 0 spiro atoms. The molecular weight excluding hydrogens is 182 g/mol. The van der Waals surface area contributed by atoms with Crippen molar-refractivity contribution in [1.29, 1.82) is 0 Å². The lowest BCUT2D eigenvalue weighted by atomic mass is 9.75. The van der Waals surface area contributed by atoms with E-state index in [-0.39, 0.29) is 0 Å². The molecule has 1 aromatic rings. The summed E-state index contributed by atoms with van der Waals surface area (Å²) in [6.07, 6.45) is 5.37. The lowest BCUT2D eigenvalue weighted by Crippen LogP contribution is -2.49. The topological polar surface area (TPSA) is 12.0 Å². The predicted molar refractivity (Wildman–Crippen MR) is 64.9 cm³/mol. The average molecular weight is 203 g/mol. The molecule has 1 aliphatic rings. The smallest absolute Gasteiger partial charge is 0.0213 e. The Balaban J connectivity index is 1.95. The van der Waals surface area contributed by atoms with E-state index in [0.717, 1.165) is 6.54 Å². The second kappa shape index (κ2) is 4.36. The molecule has 82 valence electrons. The first kappa shape index (κ1) is 10.7. The maximum absolute atomic E-state index is 3.74. The van der Waals surface area contributed by atoms with Gasteiger partial charge in [0.05, 0.1) is 0 Å². The van der Waals surface area contributed by atoms with Gasteiger partial charge in [0.2, 0.25) is 0 Å². The van der Waals surface area contributed by atoms with Crippen molar-refractivity contribution in [3.8, 4) is 0 Å². The highest BCUT2D eigenvalue weighted by Crippen LogP contribution is 2.34. The summed E-state index contributed by atoms with van der Waals surface area (Å²) in [5, 5.41) is 3.74. The van der Waals surface area contributed by atoms with Crippen LogP contribution in [0.1, 0.15) is 43.7 Å². The van der Waals surface area contributed by atoms with E-state index in [2.05, 4.69) is 43.4 Å². The molecule has 1 fully saturated rings. The summed E-state index contributed by atoms with van der Waals surface area (Å²) in [5.41, 5.74) is 3.30. The van der Waals surface area contributed by atoms with Crippen LogP contribution in [0.4, 0.5) is 0 Å². The lowest BCUT2D eigenvalue weighted by Gasteiger charge is -2.42. The van der Waals surface area contributed by atoms with Crippen LogP contribution < -0.4 is 5.32 Å². The molecule has 1 N–H and O–H groups in total. The second-order valence-corrected chi connectivity index (χ2v) is 4.77. The molecule has 1 aliphatic carbocycles. The van der Waals surface area contributed by atoms with E-state index in [4.69, 9.17) is 0 Å². The third-order valence-corrected chi connectivity index (χ3v) is 3.90. The summed E-state index contributed by atoms with van der Waals surface area (Å²) in [5.74, 6) is 0. The normalized spacial score (nSPS) is 18.5. The van der Waals surface area contributed by atoms with Crippen LogP contribution in [0.3, 0.4) is 0 Å². The van der Waals surface area contributed by atoms with Gasteiger partial charge in [-0.1, -0.05) is 31.2 Å². The molecule has 0 bridgehead atoms. The Kier molecular flexibility index (Phi) is 3.11. The van der Waals surface area contributed by atoms with Crippen LogP contribution in [0.25, 0.3) is 0 Å². The highest BCUT2D eigenvalue weighted by molar-refractivity contribution is 5.25. The Morgan fingerprint density at radius 1 is 1.27 bits per heavy atom. The molecule has 0 amide bonds. The number of benzene rings is 1. The van der Waals surface area contributed by atoms with Crippen molar-refractivity contribution >= 4 is 0 Å². The van der Waals surface area contributed by atoms with Gasteiger partial charge >= 0.3 is 0 Å². The van der Waals surface area contributed by atoms with E-state index < -0.39 is 0 Å². The van der Waals surface area contributed by atoms with E-state index in [1.165, 1.54) is 36.8 Å². The van der Waals surface area contributed by atoms with E-state index in [0.29, 0.717) is 5.54 Å². The van der Waals surface area contributed by atoms with E-state index in [9.17, 15) is 0 Å². The van der Waals surface area contributed by atoms with Crippen LogP contribution in [0.2, 0.25) is 0 Å². The van der Waals surface area contributed by atoms with Crippen molar-refractivity contribution in [2.45, 2.75) is 51.6 Å². The Morgan fingerprint density at radius 2 is 2.00 bits per heavy atom. The molecule has 1 saturated carbocycles. The number of hydrogen-bond acceptors (Lipinski definition) is 1. The van der Waals surface area contributed by atoms with Crippen molar-refractivity contribution in [3.63, 3.8) is 0 Å². The minimum atomic E-state index is 0.461. The first-order valence-electron chi connectivity index (χ1n) is 6.05. The van der Waals surface area contributed by atoms with Crippen LogP contribution in [0.15, 0.2) is 24.3 Å². The maximum Gasteiger partial charge on any atom is 0.0213 e. The lowest BCUT2D eigenvalue weighted by molar-refractivity contribution is 0.175. The van der Waals surface area contributed by atoms with Gasteiger partial charge in [0, 0.05) is 12.1 Å². The van der Waals surface area contributed by atoms with Gasteiger partial charge in [0.1, 0.15) is 0 Å². The van der Waals surface area contributed by atoms with Crippen molar-refractivity contribution in [1.82, 2.24) is 5.32 Å². The van der Waals surface area contributed by atoms with E-state index in [1.54, 1.807) is 0 Å². The standard InChI is InChI=1S/C14H21N/c1-3-14(9-6-10-14)15-11-13-8-5-4-7-12(13)2/h4-5,7-8,15H,3,6,9-11H2,1-2H3. The SMILES string of the molecule is CCC1(NCc2ccccc2C)CCC1. The molecule has 1 aromatic carbocycles. The fourth-order valence-corrected chi connectivity index (χ4v) is 2.35. The third kappa shape index (κ3) is 2.23. The summed E-state index contributed by atoms with van der Waals surface area (Å²) in [4.78, 5) is 0. The van der Waals surface area contributed by atoms with Crippen LogP contribution in [-0.2, 0) is 6.54 Å². The minimum Gasteiger partial charge on any atom is -0.307 e. The fraction of sp³-hybridized carbons (Fsp3) is 0.571. The average Bonchev–Trinajstić information content (AvgIpc) is 2.19. The molecule has 0 unspecified atom stereocenters. The van der Waals surface area contributed by atoms with E-state index in [1.807, 2.05) is 0 Å². The number of nitrogens with one attached hydrogen (secondary N) is 1. The summed E-state index contributed by atoms with van der Waals surface area (Å²) < 4.78 is 0. The van der Waals surface area contributed by atoms with Crippen LogP contribution in [0.5, 0.6) is 0 Å². The van der Waals surface area contributed by atoms with Crippen molar-refractivity contribution < 1.29 is 0 Å². The van der Waals surface area contributed by atoms with Gasteiger partial charge in [-0.3, -0.25) is 0 Å². The number of aryl methyl sites for hydroxylation is 1. The molecule has 0 heterocycles. The fourth-order valence-electron chi connectivity index (χ4n) is 2.35. The molecule has 1 nitrogen and oxygen atoms in total. The summed E-state index contributed by atoms with van der Waals surface area (Å²) in [7, 11) is 0. The first-order valence-corrected chi connectivity index (χ1v) is 6.05. The highest BCUT2D eigenvalue weighted by Gasteiger charge is 2.34. The molecular formula is C14H21N. The Labute approximate surface area is 92.9 Å². The largest absolute Gasteiger partial charge is 0.307 e. The van der Waals surface area contributed by atoms with Gasteiger partial charge in [0.25, 0.3) is 0 Å². The Bertz CT molecular complexity index is 320.